The summed E-state index contributed by atoms with van der Waals surface area (Å²) in [7, 11) is -3.94. The Hall–Kier alpha value is -2.12. The lowest BCUT2D eigenvalue weighted by Crippen LogP contribution is -2.13. The molecule has 0 aromatic heterocycles. The highest BCUT2D eigenvalue weighted by atomic mass is 35.5. The van der Waals surface area contributed by atoms with Crippen LogP contribution in [0.1, 0.15) is 15.9 Å². The van der Waals surface area contributed by atoms with Gasteiger partial charge in [0.1, 0.15) is 12.4 Å². The molecule has 0 fully saturated rings. The number of esters is 1. The van der Waals surface area contributed by atoms with E-state index >= 15 is 0 Å². The van der Waals surface area contributed by atoms with E-state index in [0.717, 1.165) is 18.2 Å². The van der Waals surface area contributed by atoms with E-state index in [0.29, 0.717) is 11.1 Å². The predicted octanol–water partition coefficient (Wildman–Crippen LogP) is 2.95. The van der Waals surface area contributed by atoms with Crippen LogP contribution >= 0.6 is 11.6 Å². The van der Waals surface area contributed by atoms with Gasteiger partial charge in [-0.15, -0.1) is 0 Å². The van der Waals surface area contributed by atoms with Gasteiger partial charge in [-0.3, -0.25) is 4.72 Å². The average molecular weight is 342 g/mol. The zero-order chi connectivity index (χ0) is 15.9. The monoisotopic (exact) mass is 341 g/mol. The minimum Gasteiger partial charge on any atom is -0.457 e. The number of sulfonamides is 1. The second-order valence-corrected chi connectivity index (χ2v) is 6.72. The van der Waals surface area contributed by atoms with E-state index in [-0.39, 0.29) is 22.2 Å². The average Bonchev–Trinajstić information content (AvgIpc) is 2.83. The van der Waals surface area contributed by atoms with Gasteiger partial charge in [-0.1, -0.05) is 17.7 Å². The van der Waals surface area contributed by atoms with Gasteiger partial charge < -0.3 is 4.74 Å². The fraction of sp³-hybridized carbons (Fsp3) is 0.0714. The van der Waals surface area contributed by atoms with Crippen molar-refractivity contribution in [2.45, 2.75) is 11.5 Å². The van der Waals surface area contributed by atoms with Crippen molar-refractivity contribution in [2.24, 2.45) is 0 Å². The third kappa shape index (κ3) is 2.65. The number of rotatable bonds is 3. The van der Waals surface area contributed by atoms with Crippen LogP contribution in [0.4, 0.5) is 10.1 Å². The maximum absolute atomic E-state index is 13.1. The topological polar surface area (TPSA) is 72.5 Å². The molecule has 0 aliphatic carbocycles. The Morgan fingerprint density at radius 3 is 2.68 bits per heavy atom. The molecular formula is C14H9ClFNO4S. The van der Waals surface area contributed by atoms with Gasteiger partial charge in [0.05, 0.1) is 15.5 Å². The molecule has 2 aromatic rings. The third-order valence-corrected chi connectivity index (χ3v) is 4.81. The summed E-state index contributed by atoms with van der Waals surface area (Å²) in [6, 6.07) is 7.61. The lowest BCUT2D eigenvalue weighted by Gasteiger charge is -2.09. The second kappa shape index (κ2) is 5.26. The fourth-order valence-electron chi connectivity index (χ4n) is 2.03. The van der Waals surface area contributed by atoms with Crippen LogP contribution in [0.2, 0.25) is 5.02 Å². The number of hydrogen-bond donors (Lipinski definition) is 1. The summed E-state index contributed by atoms with van der Waals surface area (Å²) in [5, 5.41) is -0.291. The molecule has 1 heterocycles. The molecule has 0 atom stereocenters. The molecular weight excluding hydrogens is 333 g/mol. The van der Waals surface area contributed by atoms with Crippen LogP contribution in [0.3, 0.4) is 0 Å². The number of ether oxygens (including phenoxy) is 1. The van der Waals surface area contributed by atoms with Gasteiger partial charge in [0.2, 0.25) is 0 Å². The van der Waals surface area contributed by atoms with Gasteiger partial charge in [-0.05, 0) is 30.3 Å². The van der Waals surface area contributed by atoms with E-state index in [9.17, 15) is 17.6 Å². The summed E-state index contributed by atoms with van der Waals surface area (Å²) >= 11 is 5.59. The Balaban J connectivity index is 1.93. The van der Waals surface area contributed by atoms with Crippen molar-refractivity contribution < 1.29 is 22.3 Å². The summed E-state index contributed by atoms with van der Waals surface area (Å²) in [5.74, 6) is -1.21. The first kappa shape index (κ1) is 14.8. The summed E-state index contributed by atoms with van der Waals surface area (Å²) in [5.41, 5.74) is 1.22. The van der Waals surface area contributed by atoms with Crippen LogP contribution in [-0.2, 0) is 21.4 Å². The Kier molecular flexibility index (Phi) is 3.54. The first-order chi connectivity index (χ1) is 10.4. The minimum absolute atomic E-state index is 0.175. The molecule has 1 aliphatic heterocycles. The van der Waals surface area contributed by atoms with Crippen LogP contribution in [0.25, 0.3) is 0 Å². The molecule has 22 heavy (non-hydrogen) atoms. The summed E-state index contributed by atoms with van der Waals surface area (Å²) in [6.45, 7) is 0.175. The number of fused-ring (bicyclic) bond motifs is 1. The highest BCUT2D eigenvalue weighted by Gasteiger charge is 2.23. The van der Waals surface area contributed by atoms with Gasteiger partial charge in [0.15, 0.2) is 0 Å². The van der Waals surface area contributed by atoms with Crippen molar-refractivity contribution >= 4 is 33.3 Å². The predicted molar refractivity (Wildman–Crippen MR) is 77.8 cm³/mol. The number of halogens is 2. The van der Waals surface area contributed by atoms with Crippen LogP contribution in [0.15, 0.2) is 41.3 Å². The van der Waals surface area contributed by atoms with E-state index in [4.69, 9.17) is 16.3 Å². The molecule has 0 amide bonds. The molecule has 0 unspecified atom stereocenters. The van der Waals surface area contributed by atoms with Crippen molar-refractivity contribution in [3.63, 3.8) is 0 Å². The maximum Gasteiger partial charge on any atom is 0.338 e. The molecule has 0 bridgehead atoms. The first-order valence-corrected chi connectivity index (χ1v) is 8.01. The van der Waals surface area contributed by atoms with Crippen molar-refractivity contribution in [3.05, 3.63) is 58.4 Å². The van der Waals surface area contributed by atoms with Crippen LogP contribution in [0.5, 0.6) is 0 Å². The van der Waals surface area contributed by atoms with E-state index in [2.05, 4.69) is 4.72 Å². The van der Waals surface area contributed by atoms with Gasteiger partial charge in [0.25, 0.3) is 10.0 Å². The molecule has 1 N–H and O–H groups in total. The number of benzene rings is 2. The number of nitrogens with one attached hydrogen (secondary N) is 1. The Labute approximate surface area is 130 Å². The SMILES string of the molecule is O=C1OCc2ccc(NS(=O)(=O)c3ccc(F)c(Cl)c3)cc21. The highest BCUT2D eigenvalue weighted by Crippen LogP contribution is 2.26. The smallest absolute Gasteiger partial charge is 0.338 e. The Bertz CT molecular complexity index is 882. The number of carbonyl (C=O) groups excluding carboxylic acids is 1. The van der Waals surface area contributed by atoms with Gasteiger partial charge >= 0.3 is 5.97 Å². The van der Waals surface area contributed by atoms with E-state index < -0.39 is 21.8 Å². The molecule has 8 heteroatoms. The Morgan fingerprint density at radius 2 is 1.95 bits per heavy atom. The number of cyclic esters (lactones) is 1. The van der Waals surface area contributed by atoms with Gasteiger partial charge in [-0.2, -0.15) is 0 Å². The zero-order valence-electron chi connectivity index (χ0n) is 11.0. The van der Waals surface area contributed by atoms with E-state index in [1.54, 1.807) is 6.07 Å². The molecule has 0 saturated carbocycles. The molecule has 0 spiro atoms. The van der Waals surface area contributed by atoms with Crippen LogP contribution in [-0.4, -0.2) is 14.4 Å². The molecule has 0 radical (unpaired) electrons. The number of hydrogen-bond acceptors (Lipinski definition) is 4. The largest absolute Gasteiger partial charge is 0.457 e. The van der Waals surface area contributed by atoms with Crippen molar-refractivity contribution in [2.75, 3.05) is 4.72 Å². The first-order valence-electron chi connectivity index (χ1n) is 6.15. The minimum atomic E-state index is -3.94. The molecule has 1 aliphatic rings. The lowest BCUT2D eigenvalue weighted by atomic mass is 10.1. The molecule has 3 rings (SSSR count). The number of carbonyl (C=O) groups is 1. The molecule has 114 valence electrons. The summed E-state index contributed by atoms with van der Waals surface area (Å²) in [4.78, 5) is 11.3. The van der Waals surface area contributed by atoms with Crippen LogP contribution < -0.4 is 4.72 Å². The Morgan fingerprint density at radius 1 is 1.18 bits per heavy atom. The van der Waals surface area contributed by atoms with Crippen molar-refractivity contribution in [3.8, 4) is 0 Å². The summed E-state index contributed by atoms with van der Waals surface area (Å²) < 4.78 is 44.7. The van der Waals surface area contributed by atoms with Crippen molar-refractivity contribution in [1.29, 1.82) is 0 Å². The van der Waals surface area contributed by atoms with Crippen LogP contribution in [0, 0.1) is 5.82 Å². The van der Waals surface area contributed by atoms with Crippen molar-refractivity contribution in [1.82, 2.24) is 0 Å². The van der Waals surface area contributed by atoms with E-state index in [1.807, 2.05) is 0 Å². The second-order valence-electron chi connectivity index (χ2n) is 4.63. The highest BCUT2D eigenvalue weighted by molar-refractivity contribution is 7.92. The van der Waals surface area contributed by atoms with E-state index in [1.165, 1.54) is 12.1 Å². The fourth-order valence-corrected chi connectivity index (χ4v) is 3.36. The van der Waals surface area contributed by atoms with Gasteiger partial charge in [-0.25, -0.2) is 17.6 Å². The third-order valence-electron chi connectivity index (χ3n) is 3.14. The standard InChI is InChI=1S/C14H9ClFNO4S/c15-12-6-10(3-4-13(12)16)22(19,20)17-9-2-1-8-7-21-14(18)11(8)5-9/h1-6,17H,7H2. The molecule has 0 saturated heterocycles. The van der Waals surface area contributed by atoms with Gasteiger partial charge in [0, 0.05) is 11.3 Å². The molecule has 2 aromatic carbocycles. The summed E-state index contributed by atoms with van der Waals surface area (Å²) in [6.07, 6.45) is 0. The quantitative estimate of drug-likeness (QED) is 0.871. The zero-order valence-corrected chi connectivity index (χ0v) is 12.5. The number of anilines is 1. The molecule has 5 nitrogen and oxygen atoms in total. The maximum atomic E-state index is 13.1. The lowest BCUT2D eigenvalue weighted by molar-refractivity contribution is 0.0535. The normalized spacial score (nSPS) is 13.6.